The summed E-state index contributed by atoms with van der Waals surface area (Å²) in [6, 6.07) is 7.00. The van der Waals surface area contributed by atoms with Crippen LogP contribution in [-0.2, 0) is 0 Å². The lowest BCUT2D eigenvalue weighted by molar-refractivity contribution is 1.47. The Morgan fingerprint density at radius 3 is 2.70 bits per heavy atom. The van der Waals surface area contributed by atoms with Crippen molar-refractivity contribution in [1.29, 1.82) is 5.26 Å². The largest absolute Gasteiger partial charge is 0.192 e. The van der Waals surface area contributed by atoms with Crippen LogP contribution in [0.2, 0.25) is 5.02 Å². The van der Waals surface area contributed by atoms with Crippen molar-refractivity contribution in [3.05, 3.63) is 41.3 Å². The van der Waals surface area contributed by atoms with Gasteiger partial charge in [0.1, 0.15) is 0 Å². The van der Waals surface area contributed by atoms with Gasteiger partial charge in [0.2, 0.25) is 0 Å². The van der Waals surface area contributed by atoms with Crippen LogP contribution in [0.5, 0.6) is 0 Å². The van der Waals surface area contributed by atoms with Gasteiger partial charge in [-0.15, -0.1) is 0 Å². The topological polar surface area (TPSA) is 23.8 Å². The van der Waals surface area contributed by atoms with Gasteiger partial charge in [0.15, 0.2) is 0 Å². The van der Waals surface area contributed by atoms with E-state index in [0.717, 1.165) is 5.56 Å². The lowest BCUT2D eigenvalue weighted by Crippen LogP contribution is -1.76. The van der Waals surface area contributed by atoms with Gasteiger partial charge in [-0.1, -0.05) is 17.7 Å². The monoisotopic (exact) mass is 150 g/mol. The molecule has 49 valence electrons. The number of benzene rings is 1. The number of nitrogens with zero attached hydrogens (tertiary/aromatic N) is 1. The van der Waals surface area contributed by atoms with Crippen LogP contribution in [0.1, 0.15) is 11.1 Å². The first kappa shape index (κ1) is 7.11. The number of rotatable bonds is 0. The highest BCUT2D eigenvalue weighted by Crippen LogP contribution is 2.15. The van der Waals surface area contributed by atoms with Crippen molar-refractivity contribution in [2.45, 2.75) is 0 Å². The normalized spacial score (nSPS) is 8.90. The molecule has 1 aromatic rings. The zero-order valence-electron chi connectivity index (χ0n) is 5.26. The first-order chi connectivity index (χ1) is 4.74. The van der Waals surface area contributed by atoms with Gasteiger partial charge in [-0.05, 0) is 24.6 Å². The van der Waals surface area contributed by atoms with E-state index in [9.17, 15) is 0 Å². The van der Waals surface area contributed by atoms with E-state index in [0.29, 0.717) is 10.6 Å². The van der Waals surface area contributed by atoms with Crippen molar-refractivity contribution in [3.63, 3.8) is 0 Å². The van der Waals surface area contributed by atoms with Crippen molar-refractivity contribution in [2.24, 2.45) is 0 Å². The lowest BCUT2D eigenvalue weighted by atomic mass is 10.2. The molecule has 0 aliphatic carbocycles. The van der Waals surface area contributed by atoms with E-state index in [1.165, 1.54) is 0 Å². The van der Waals surface area contributed by atoms with Gasteiger partial charge in [0.25, 0.3) is 0 Å². The predicted octanol–water partition coefficient (Wildman–Crippen LogP) is 2.39. The van der Waals surface area contributed by atoms with E-state index in [4.69, 9.17) is 16.9 Å². The second-order valence-electron chi connectivity index (χ2n) is 1.92. The summed E-state index contributed by atoms with van der Waals surface area (Å²) >= 11 is 5.68. The minimum absolute atomic E-state index is 0.541. The Hall–Kier alpha value is -1.00. The van der Waals surface area contributed by atoms with Gasteiger partial charge in [-0.25, -0.2) is 0 Å². The fourth-order valence-electron chi connectivity index (χ4n) is 0.617. The fraction of sp³-hybridized carbons (Fsp3) is 0. The van der Waals surface area contributed by atoms with Crippen LogP contribution >= 0.6 is 11.6 Å². The molecule has 0 heterocycles. The fourth-order valence-corrected chi connectivity index (χ4v) is 0.797. The Bertz CT molecular complexity index is 286. The number of nitriles is 1. The highest BCUT2D eigenvalue weighted by atomic mass is 35.5. The molecule has 0 spiro atoms. The zero-order valence-corrected chi connectivity index (χ0v) is 6.02. The van der Waals surface area contributed by atoms with Crippen molar-refractivity contribution in [1.82, 2.24) is 0 Å². The molecule has 0 aromatic heterocycles. The van der Waals surface area contributed by atoms with E-state index in [1.807, 2.05) is 6.07 Å². The van der Waals surface area contributed by atoms with Crippen LogP contribution in [0.3, 0.4) is 0 Å². The number of halogens is 1. The summed E-state index contributed by atoms with van der Waals surface area (Å²) in [4.78, 5) is 0. The van der Waals surface area contributed by atoms with Crippen molar-refractivity contribution in [3.8, 4) is 6.07 Å². The van der Waals surface area contributed by atoms with Crippen LogP contribution < -0.4 is 0 Å². The Balaban J connectivity index is 3.20. The first-order valence-electron chi connectivity index (χ1n) is 2.75. The minimum atomic E-state index is 0.541. The molecule has 2 heteroatoms. The number of hydrogen-bond donors (Lipinski definition) is 0. The van der Waals surface area contributed by atoms with E-state index in [-0.39, 0.29) is 0 Å². The van der Waals surface area contributed by atoms with Crippen LogP contribution in [0, 0.1) is 18.3 Å². The zero-order chi connectivity index (χ0) is 7.56. The molecule has 0 saturated heterocycles. The summed E-state index contributed by atoms with van der Waals surface area (Å²) in [5, 5.41) is 8.96. The highest BCUT2D eigenvalue weighted by Gasteiger charge is 1.94. The maximum absolute atomic E-state index is 8.42. The summed E-state index contributed by atoms with van der Waals surface area (Å²) in [6.45, 7) is 3.65. The van der Waals surface area contributed by atoms with Gasteiger partial charge in [-0.2, -0.15) is 5.26 Å². The predicted molar refractivity (Wildman–Crippen MR) is 40.6 cm³/mol. The van der Waals surface area contributed by atoms with Crippen LogP contribution in [-0.4, -0.2) is 0 Å². The molecule has 0 amide bonds. The molecule has 0 saturated carbocycles. The maximum atomic E-state index is 8.42. The molecular weight excluding hydrogens is 146 g/mol. The van der Waals surface area contributed by atoms with Gasteiger partial charge in [0, 0.05) is 5.02 Å². The van der Waals surface area contributed by atoms with Gasteiger partial charge in [-0.3, -0.25) is 0 Å². The minimum Gasteiger partial charge on any atom is -0.192 e. The average molecular weight is 151 g/mol. The molecule has 10 heavy (non-hydrogen) atoms. The van der Waals surface area contributed by atoms with Crippen LogP contribution in [0.15, 0.2) is 18.2 Å². The van der Waals surface area contributed by atoms with Gasteiger partial charge in [0.05, 0.1) is 11.6 Å². The van der Waals surface area contributed by atoms with E-state index in [1.54, 1.807) is 18.2 Å². The maximum Gasteiger partial charge on any atom is 0.0992 e. The molecule has 0 aliphatic heterocycles. The summed E-state index contributed by atoms with van der Waals surface area (Å²) in [5.41, 5.74) is 1.32. The Kier molecular flexibility index (Phi) is 1.94. The standard InChI is InChI=1S/C8H5ClN/c1-6-2-3-7(5-10)4-8(6)9/h2-4H,1H2. The summed E-state index contributed by atoms with van der Waals surface area (Å²) in [6.07, 6.45) is 0. The third-order valence-corrected chi connectivity index (χ3v) is 1.53. The second kappa shape index (κ2) is 2.72. The van der Waals surface area contributed by atoms with E-state index in [2.05, 4.69) is 6.92 Å². The van der Waals surface area contributed by atoms with Gasteiger partial charge < -0.3 is 0 Å². The summed E-state index contributed by atoms with van der Waals surface area (Å²) < 4.78 is 0. The van der Waals surface area contributed by atoms with Gasteiger partial charge >= 0.3 is 0 Å². The molecule has 0 aliphatic rings. The Labute approximate surface area is 64.9 Å². The molecule has 0 unspecified atom stereocenters. The molecular formula is C8H5ClN. The molecule has 1 nitrogen and oxygen atoms in total. The molecule has 1 radical (unpaired) electrons. The smallest absolute Gasteiger partial charge is 0.0992 e. The van der Waals surface area contributed by atoms with Crippen LogP contribution in [0.25, 0.3) is 0 Å². The quantitative estimate of drug-likeness (QED) is 0.557. The van der Waals surface area contributed by atoms with E-state index >= 15 is 0 Å². The Morgan fingerprint density at radius 2 is 2.20 bits per heavy atom. The van der Waals surface area contributed by atoms with Crippen molar-refractivity contribution < 1.29 is 0 Å². The summed E-state index contributed by atoms with van der Waals surface area (Å²) in [7, 11) is 0. The lowest BCUT2D eigenvalue weighted by Gasteiger charge is -1.94. The SMILES string of the molecule is [CH2]c1ccc(C#N)cc1Cl. The van der Waals surface area contributed by atoms with Crippen LogP contribution in [0.4, 0.5) is 0 Å². The average Bonchev–Trinajstić information content (AvgIpc) is 1.95. The summed E-state index contributed by atoms with van der Waals surface area (Å²) in [5.74, 6) is 0. The molecule has 1 rings (SSSR count). The second-order valence-corrected chi connectivity index (χ2v) is 2.33. The molecule has 0 bridgehead atoms. The van der Waals surface area contributed by atoms with Crippen molar-refractivity contribution >= 4 is 11.6 Å². The highest BCUT2D eigenvalue weighted by molar-refractivity contribution is 6.31. The van der Waals surface area contributed by atoms with E-state index < -0.39 is 0 Å². The molecule has 0 atom stereocenters. The third kappa shape index (κ3) is 1.29. The first-order valence-corrected chi connectivity index (χ1v) is 3.13. The molecule has 1 aromatic carbocycles. The molecule has 0 fully saturated rings. The Morgan fingerprint density at radius 1 is 1.50 bits per heavy atom. The number of hydrogen-bond acceptors (Lipinski definition) is 1. The molecule has 0 N–H and O–H groups in total. The third-order valence-electron chi connectivity index (χ3n) is 1.18. The van der Waals surface area contributed by atoms with Crippen molar-refractivity contribution in [2.75, 3.05) is 0 Å².